The summed E-state index contributed by atoms with van der Waals surface area (Å²) in [5.74, 6) is -0.614. The number of anilines is 2. The van der Waals surface area contributed by atoms with Crippen molar-refractivity contribution >= 4 is 62.1 Å². The Kier molecular flexibility index (Phi) is 6.85. The average Bonchev–Trinajstić information content (AvgIpc) is 2.60. The Labute approximate surface area is 177 Å². The van der Waals surface area contributed by atoms with Crippen LogP contribution in [0.3, 0.4) is 0 Å². The molecule has 0 aliphatic carbocycles. The Morgan fingerprint density at radius 3 is 2.32 bits per heavy atom. The number of halogens is 2. The number of nitriles is 1. The molecule has 1 atom stereocenters. The second-order valence-corrected chi connectivity index (χ2v) is 9.63. The van der Waals surface area contributed by atoms with Crippen LogP contribution in [0.2, 0.25) is 10.0 Å². The van der Waals surface area contributed by atoms with E-state index in [1.165, 1.54) is 30.3 Å². The van der Waals surface area contributed by atoms with E-state index in [1.807, 2.05) is 6.07 Å². The zero-order chi connectivity index (χ0) is 21.1. The van der Waals surface area contributed by atoms with E-state index in [1.54, 1.807) is 12.3 Å². The van der Waals surface area contributed by atoms with Gasteiger partial charge in [0.25, 0.3) is 5.91 Å². The highest BCUT2D eigenvalue weighted by Gasteiger charge is 2.24. The van der Waals surface area contributed by atoms with Gasteiger partial charge in [-0.1, -0.05) is 29.3 Å². The summed E-state index contributed by atoms with van der Waals surface area (Å²) in [5.41, 5.74) is 6.49. The van der Waals surface area contributed by atoms with Crippen LogP contribution in [0.1, 0.15) is 10.4 Å². The van der Waals surface area contributed by atoms with Crippen molar-refractivity contribution in [1.29, 1.82) is 5.26 Å². The van der Waals surface area contributed by atoms with Crippen molar-refractivity contribution in [1.82, 2.24) is 0 Å². The van der Waals surface area contributed by atoms with E-state index < -0.39 is 20.7 Å². The maximum atomic E-state index is 12.6. The Hall–Kier alpha value is -1.96. The zero-order valence-corrected chi connectivity index (χ0v) is 17.9. The van der Waals surface area contributed by atoms with Crippen LogP contribution in [0.25, 0.3) is 0 Å². The molecule has 4 N–H and O–H groups in total. The SMILES string of the molecule is CSC(N)(C#N)Nc1cc(Cl)c(C(=O)Nc2cccc(S(C)(=O)=O)c2)c(Cl)c1. The summed E-state index contributed by atoms with van der Waals surface area (Å²) >= 11 is 13.5. The fraction of sp³-hybridized carbons (Fsp3) is 0.176. The smallest absolute Gasteiger partial charge is 0.258 e. The van der Waals surface area contributed by atoms with Gasteiger partial charge in [0.1, 0.15) is 6.07 Å². The molecule has 0 spiro atoms. The first kappa shape index (κ1) is 22.3. The maximum Gasteiger partial charge on any atom is 0.258 e. The molecular weight excluding hydrogens is 443 g/mol. The minimum atomic E-state index is -3.42. The molecule has 1 unspecified atom stereocenters. The van der Waals surface area contributed by atoms with Crippen LogP contribution in [-0.4, -0.2) is 31.8 Å². The van der Waals surface area contributed by atoms with Crippen molar-refractivity contribution < 1.29 is 13.2 Å². The molecular formula is C17H16Cl2N4O3S2. The fourth-order valence-electron chi connectivity index (χ4n) is 2.20. The lowest BCUT2D eigenvalue weighted by Gasteiger charge is -2.22. The van der Waals surface area contributed by atoms with Gasteiger partial charge >= 0.3 is 0 Å². The monoisotopic (exact) mass is 458 g/mol. The molecule has 2 aromatic carbocycles. The van der Waals surface area contributed by atoms with Crippen LogP contribution in [0.15, 0.2) is 41.3 Å². The van der Waals surface area contributed by atoms with Gasteiger partial charge in [0.2, 0.25) is 4.99 Å². The number of nitrogens with one attached hydrogen (secondary N) is 2. The van der Waals surface area contributed by atoms with E-state index in [9.17, 15) is 13.2 Å². The third kappa shape index (κ3) is 5.31. The molecule has 0 bridgehead atoms. The molecule has 0 aliphatic heterocycles. The van der Waals surface area contributed by atoms with Crippen molar-refractivity contribution in [3.05, 3.63) is 52.0 Å². The van der Waals surface area contributed by atoms with E-state index in [2.05, 4.69) is 10.6 Å². The highest BCUT2D eigenvalue weighted by atomic mass is 35.5. The average molecular weight is 459 g/mol. The first-order valence-electron chi connectivity index (χ1n) is 7.63. The molecule has 0 aromatic heterocycles. The van der Waals surface area contributed by atoms with Gasteiger partial charge in [-0.2, -0.15) is 5.26 Å². The molecule has 0 saturated heterocycles. The number of rotatable bonds is 6. The second kappa shape index (κ2) is 8.59. The normalized spacial score (nSPS) is 13.3. The number of hydrogen-bond acceptors (Lipinski definition) is 7. The van der Waals surface area contributed by atoms with E-state index >= 15 is 0 Å². The number of amides is 1. The number of thioether (sulfide) groups is 1. The highest BCUT2D eigenvalue weighted by molar-refractivity contribution is 8.00. The van der Waals surface area contributed by atoms with Crippen LogP contribution in [0.5, 0.6) is 0 Å². The number of carbonyl (C=O) groups excluding carboxylic acids is 1. The Morgan fingerprint density at radius 1 is 1.21 bits per heavy atom. The van der Waals surface area contributed by atoms with E-state index in [-0.39, 0.29) is 26.2 Å². The number of nitrogens with zero attached hydrogens (tertiary/aromatic N) is 1. The number of sulfone groups is 1. The first-order chi connectivity index (χ1) is 13.0. The molecule has 7 nitrogen and oxygen atoms in total. The summed E-state index contributed by atoms with van der Waals surface area (Å²) in [6, 6.07) is 10.6. The summed E-state index contributed by atoms with van der Waals surface area (Å²) in [5, 5.41) is 14.6. The van der Waals surface area contributed by atoms with Gasteiger partial charge in [0.15, 0.2) is 9.84 Å². The summed E-state index contributed by atoms with van der Waals surface area (Å²) in [6.07, 6.45) is 2.73. The topological polar surface area (TPSA) is 125 Å². The van der Waals surface area contributed by atoms with Crippen molar-refractivity contribution in [2.45, 2.75) is 9.89 Å². The van der Waals surface area contributed by atoms with Gasteiger partial charge in [-0.25, -0.2) is 8.42 Å². The number of benzene rings is 2. The lowest BCUT2D eigenvalue weighted by molar-refractivity contribution is 0.102. The van der Waals surface area contributed by atoms with E-state index in [0.29, 0.717) is 5.69 Å². The second-order valence-electron chi connectivity index (χ2n) is 5.75. The largest absolute Gasteiger partial charge is 0.347 e. The first-order valence-corrected chi connectivity index (χ1v) is 11.5. The number of nitrogens with two attached hydrogens (primary N) is 1. The molecule has 28 heavy (non-hydrogen) atoms. The maximum absolute atomic E-state index is 12.6. The Balaban J connectivity index is 2.31. The van der Waals surface area contributed by atoms with Crippen LogP contribution < -0.4 is 16.4 Å². The van der Waals surface area contributed by atoms with Gasteiger partial charge in [0, 0.05) is 17.6 Å². The van der Waals surface area contributed by atoms with Gasteiger partial charge < -0.3 is 10.6 Å². The Morgan fingerprint density at radius 2 is 1.82 bits per heavy atom. The van der Waals surface area contributed by atoms with Gasteiger partial charge in [0.05, 0.1) is 20.5 Å². The molecule has 1 amide bonds. The van der Waals surface area contributed by atoms with E-state index in [0.717, 1.165) is 18.0 Å². The molecule has 0 heterocycles. The van der Waals surface area contributed by atoms with Crippen molar-refractivity contribution in [2.24, 2.45) is 5.73 Å². The third-order valence-electron chi connectivity index (χ3n) is 3.61. The number of carbonyl (C=O) groups is 1. The molecule has 0 saturated carbocycles. The summed E-state index contributed by atoms with van der Waals surface area (Å²) < 4.78 is 23.3. The molecule has 11 heteroatoms. The van der Waals surface area contributed by atoms with Gasteiger partial charge in [-0.15, -0.1) is 11.8 Å². The lowest BCUT2D eigenvalue weighted by Crippen LogP contribution is -2.42. The van der Waals surface area contributed by atoms with Crippen LogP contribution >= 0.6 is 35.0 Å². The van der Waals surface area contributed by atoms with Gasteiger partial charge in [-0.3, -0.25) is 10.5 Å². The predicted molar refractivity (Wildman–Crippen MR) is 114 cm³/mol. The van der Waals surface area contributed by atoms with Crippen LogP contribution in [0, 0.1) is 11.3 Å². The molecule has 2 rings (SSSR count). The van der Waals surface area contributed by atoms with E-state index in [4.69, 9.17) is 34.2 Å². The quantitative estimate of drug-likeness (QED) is 0.564. The molecule has 0 fully saturated rings. The Bertz CT molecular complexity index is 1050. The van der Waals surface area contributed by atoms with Crippen molar-refractivity contribution in [3.63, 3.8) is 0 Å². The highest BCUT2D eigenvalue weighted by Crippen LogP contribution is 2.32. The summed E-state index contributed by atoms with van der Waals surface area (Å²) in [6.45, 7) is 0. The van der Waals surface area contributed by atoms with Crippen LogP contribution in [0.4, 0.5) is 11.4 Å². The lowest BCUT2D eigenvalue weighted by atomic mass is 10.1. The zero-order valence-electron chi connectivity index (χ0n) is 14.8. The third-order valence-corrected chi connectivity index (χ3v) is 6.15. The summed E-state index contributed by atoms with van der Waals surface area (Å²) in [4.78, 5) is 11.3. The summed E-state index contributed by atoms with van der Waals surface area (Å²) in [7, 11) is -3.42. The molecule has 0 radical (unpaired) electrons. The van der Waals surface area contributed by atoms with Crippen molar-refractivity contribution in [2.75, 3.05) is 23.1 Å². The standard InChI is InChI=1S/C17H16Cl2N4O3S2/c1-27-17(21,9-20)23-11-7-13(18)15(14(19)8-11)16(24)22-10-4-3-5-12(6-10)28(2,25)26/h3-8,23H,21H2,1-2H3,(H,22,24). The van der Waals surface area contributed by atoms with Crippen LogP contribution in [-0.2, 0) is 9.84 Å². The fourth-order valence-corrected chi connectivity index (χ4v) is 3.84. The van der Waals surface area contributed by atoms with Gasteiger partial charge in [-0.05, 0) is 36.6 Å². The molecule has 0 aliphatic rings. The minimum Gasteiger partial charge on any atom is -0.347 e. The predicted octanol–water partition coefficient (Wildman–Crippen LogP) is 3.56. The van der Waals surface area contributed by atoms with Crippen molar-refractivity contribution in [3.8, 4) is 6.07 Å². The minimum absolute atomic E-state index is 0.00220. The molecule has 148 valence electrons. The molecule has 2 aromatic rings. The number of hydrogen-bond donors (Lipinski definition) is 3.